The van der Waals surface area contributed by atoms with Crippen molar-refractivity contribution in [2.24, 2.45) is 0 Å². The molecule has 1 atom stereocenters. The first-order valence-electron chi connectivity index (χ1n) is 7.24. The Bertz CT molecular complexity index is 764. The van der Waals surface area contributed by atoms with E-state index < -0.39 is 6.04 Å². The Morgan fingerprint density at radius 1 is 1.22 bits per heavy atom. The lowest BCUT2D eigenvalue weighted by Gasteiger charge is -2.28. The Hall–Kier alpha value is -2.60. The van der Waals surface area contributed by atoms with E-state index in [2.05, 4.69) is 16.0 Å². The van der Waals surface area contributed by atoms with Crippen LogP contribution in [0, 0.1) is 6.92 Å². The SMILES string of the molecule is CC1=C(C(=O)Nc2ccc(C)cc2)C(c2ccco2)NC(=S)N1. The first kappa shape index (κ1) is 15.3. The third-order valence-electron chi connectivity index (χ3n) is 3.65. The van der Waals surface area contributed by atoms with Gasteiger partial charge in [-0.25, -0.2) is 0 Å². The minimum Gasteiger partial charge on any atom is -0.467 e. The summed E-state index contributed by atoms with van der Waals surface area (Å²) in [6.45, 7) is 3.83. The molecular weight excluding hydrogens is 310 g/mol. The van der Waals surface area contributed by atoms with Crippen molar-refractivity contribution in [1.82, 2.24) is 10.6 Å². The number of nitrogens with one attached hydrogen (secondary N) is 3. The fraction of sp³-hybridized carbons (Fsp3) is 0.176. The standard InChI is InChI=1S/C17H17N3O2S/c1-10-5-7-12(8-6-10)19-16(21)14-11(2)18-17(23)20-15(14)13-4-3-9-22-13/h3-9,15H,1-2H3,(H,19,21)(H2,18,20,23). The number of rotatable bonds is 3. The summed E-state index contributed by atoms with van der Waals surface area (Å²) in [4.78, 5) is 12.7. The number of anilines is 1. The summed E-state index contributed by atoms with van der Waals surface area (Å²) >= 11 is 5.19. The van der Waals surface area contributed by atoms with Gasteiger partial charge in [-0.1, -0.05) is 17.7 Å². The summed E-state index contributed by atoms with van der Waals surface area (Å²) < 4.78 is 5.45. The molecule has 1 unspecified atom stereocenters. The molecule has 0 bridgehead atoms. The van der Waals surface area contributed by atoms with Crippen LogP contribution in [0.4, 0.5) is 5.69 Å². The number of hydrogen-bond donors (Lipinski definition) is 3. The van der Waals surface area contributed by atoms with Crippen LogP contribution < -0.4 is 16.0 Å². The first-order valence-corrected chi connectivity index (χ1v) is 7.65. The average molecular weight is 327 g/mol. The Morgan fingerprint density at radius 3 is 2.61 bits per heavy atom. The van der Waals surface area contributed by atoms with Gasteiger partial charge in [0.05, 0.1) is 11.8 Å². The van der Waals surface area contributed by atoms with E-state index in [1.807, 2.05) is 44.2 Å². The molecule has 0 radical (unpaired) electrons. The molecule has 2 heterocycles. The minimum absolute atomic E-state index is 0.199. The second kappa shape index (κ2) is 6.26. The summed E-state index contributed by atoms with van der Waals surface area (Å²) in [5.41, 5.74) is 3.14. The topological polar surface area (TPSA) is 66.3 Å². The molecule has 1 amide bonds. The highest BCUT2D eigenvalue weighted by Gasteiger charge is 2.31. The largest absolute Gasteiger partial charge is 0.467 e. The predicted molar refractivity (Wildman–Crippen MR) is 92.8 cm³/mol. The molecule has 0 aliphatic carbocycles. The minimum atomic E-state index is -0.413. The number of amides is 1. The molecular formula is C17H17N3O2S. The van der Waals surface area contributed by atoms with Crippen LogP contribution in [0.5, 0.6) is 0 Å². The zero-order valence-electron chi connectivity index (χ0n) is 12.8. The third kappa shape index (κ3) is 3.27. The van der Waals surface area contributed by atoms with E-state index in [1.165, 1.54) is 0 Å². The average Bonchev–Trinajstić information content (AvgIpc) is 3.03. The number of thiocarbonyl (C=S) groups is 1. The maximum Gasteiger partial charge on any atom is 0.255 e. The van der Waals surface area contributed by atoms with Crippen molar-refractivity contribution in [2.75, 3.05) is 5.32 Å². The highest BCUT2D eigenvalue weighted by molar-refractivity contribution is 7.80. The molecule has 0 saturated carbocycles. The Morgan fingerprint density at radius 2 is 1.96 bits per heavy atom. The van der Waals surface area contributed by atoms with Crippen LogP contribution in [-0.4, -0.2) is 11.0 Å². The van der Waals surface area contributed by atoms with Gasteiger partial charge in [-0.2, -0.15) is 0 Å². The molecule has 0 fully saturated rings. The van der Waals surface area contributed by atoms with Gasteiger partial charge in [-0.05, 0) is 50.3 Å². The zero-order valence-corrected chi connectivity index (χ0v) is 13.7. The second-order valence-electron chi connectivity index (χ2n) is 5.41. The smallest absolute Gasteiger partial charge is 0.255 e. The molecule has 3 N–H and O–H groups in total. The van der Waals surface area contributed by atoms with Gasteiger partial charge in [-0.3, -0.25) is 4.79 Å². The summed E-state index contributed by atoms with van der Waals surface area (Å²) in [7, 11) is 0. The molecule has 2 aromatic rings. The van der Waals surface area contributed by atoms with Crippen LogP contribution >= 0.6 is 12.2 Å². The summed E-state index contributed by atoms with van der Waals surface area (Å²) in [6.07, 6.45) is 1.58. The number of benzene rings is 1. The van der Waals surface area contributed by atoms with Crippen molar-refractivity contribution in [3.05, 3.63) is 65.3 Å². The van der Waals surface area contributed by atoms with Crippen LogP contribution in [0.25, 0.3) is 0 Å². The van der Waals surface area contributed by atoms with Crippen molar-refractivity contribution in [1.29, 1.82) is 0 Å². The van der Waals surface area contributed by atoms with Gasteiger partial charge in [0.25, 0.3) is 5.91 Å². The molecule has 118 valence electrons. The fourth-order valence-corrected chi connectivity index (χ4v) is 2.77. The molecule has 0 saturated heterocycles. The van der Waals surface area contributed by atoms with Crippen molar-refractivity contribution >= 4 is 28.9 Å². The maximum atomic E-state index is 12.7. The van der Waals surface area contributed by atoms with Gasteiger partial charge in [-0.15, -0.1) is 0 Å². The van der Waals surface area contributed by atoms with E-state index in [-0.39, 0.29) is 5.91 Å². The number of allylic oxidation sites excluding steroid dienone is 1. The van der Waals surface area contributed by atoms with Gasteiger partial charge in [0.15, 0.2) is 5.11 Å². The monoisotopic (exact) mass is 327 g/mol. The van der Waals surface area contributed by atoms with E-state index in [0.717, 1.165) is 11.3 Å². The normalized spacial score (nSPS) is 17.5. The second-order valence-corrected chi connectivity index (χ2v) is 5.81. The van der Waals surface area contributed by atoms with Crippen molar-refractivity contribution in [3.8, 4) is 0 Å². The van der Waals surface area contributed by atoms with Crippen molar-refractivity contribution in [3.63, 3.8) is 0 Å². The van der Waals surface area contributed by atoms with Crippen LogP contribution in [0.15, 0.2) is 58.3 Å². The highest BCUT2D eigenvalue weighted by Crippen LogP contribution is 2.28. The quantitative estimate of drug-likeness (QED) is 0.756. The highest BCUT2D eigenvalue weighted by atomic mass is 32.1. The predicted octanol–water partition coefficient (Wildman–Crippen LogP) is 3.02. The number of hydrogen-bond acceptors (Lipinski definition) is 3. The Balaban J connectivity index is 1.90. The van der Waals surface area contributed by atoms with Crippen molar-refractivity contribution in [2.45, 2.75) is 19.9 Å². The van der Waals surface area contributed by atoms with Gasteiger partial charge < -0.3 is 20.4 Å². The lowest BCUT2D eigenvalue weighted by Crippen LogP contribution is -2.45. The molecule has 6 heteroatoms. The first-order chi connectivity index (χ1) is 11.0. The van der Waals surface area contributed by atoms with E-state index in [1.54, 1.807) is 12.3 Å². The summed E-state index contributed by atoms with van der Waals surface area (Å²) in [5, 5.41) is 9.46. The van der Waals surface area contributed by atoms with Crippen LogP contribution in [0.2, 0.25) is 0 Å². The maximum absolute atomic E-state index is 12.7. The fourth-order valence-electron chi connectivity index (χ4n) is 2.50. The molecule has 1 aromatic carbocycles. The number of furan rings is 1. The summed E-state index contributed by atoms with van der Waals surface area (Å²) in [5.74, 6) is 0.442. The Labute approximate surface area is 139 Å². The molecule has 5 nitrogen and oxygen atoms in total. The van der Waals surface area contributed by atoms with Gasteiger partial charge in [0.2, 0.25) is 0 Å². The van der Waals surface area contributed by atoms with Gasteiger partial charge in [0, 0.05) is 11.4 Å². The summed E-state index contributed by atoms with van der Waals surface area (Å²) in [6, 6.07) is 10.8. The lowest BCUT2D eigenvalue weighted by atomic mass is 10.00. The van der Waals surface area contributed by atoms with Crippen LogP contribution in [-0.2, 0) is 4.79 Å². The Kier molecular flexibility index (Phi) is 4.16. The zero-order chi connectivity index (χ0) is 16.4. The van der Waals surface area contributed by atoms with Crippen LogP contribution in [0.3, 0.4) is 0 Å². The molecule has 1 aliphatic rings. The van der Waals surface area contributed by atoms with E-state index in [0.29, 0.717) is 22.1 Å². The van der Waals surface area contributed by atoms with Gasteiger partial charge in [0.1, 0.15) is 11.8 Å². The number of carbonyl (C=O) groups excluding carboxylic acids is 1. The van der Waals surface area contributed by atoms with E-state index in [9.17, 15) is 4.79 Å². The molecule has 0 spiro atoms. The van der Waals surface area contributed by atoms with Gasteiger partial charge >= 0.3 is 0 Å². The third-order valence-corrected chi connectivity index (χ3v) is 3.87. The van der Waals surface area contributed by atoms with E-state index in [4.69, 9.17) is 16.6 Å². The van der Waals surface area contributed by atoms with E-state index >= 15 is 0 Å². The van der Waals surface area contributed by atoms with Crippen molar-refractivity contribution < 1.29 is 9.21 Å². The van der Waals surface area contributed by atoms with Crippen LogP contribution in [0.1, 0.15) is 24.3 Å². The molecule has 23 heavy (non-hydrogen) atoms. The molecule has 1 aliphatic heterocycles. The molecule has 3 rings (SSSR count). The molecule has 1 aromatic heterocycles. The number of aryl methyl sites for hydroxylation is 1. The lowest BCUT2D eigenvalue weighted by molar-refractivity contribution is -0.113. The number of carbonyl (C=O) groups is 1.